The second-order valence-corrected chi connectivity index (χ2v) is 14.8. The number of aliphatic hydroxyl groups is 2. The van der Waals surface area contributed by atoms with Gasteiger partial charge in [-0.2, -0.15) is 10.2 Å². The van der Waals surface area contributed by atoms with E-state index < -0.39 is 28.9 Å². The van der Waals surface area contributed by atoms with Gasteiger partial charge in [-0.3, -0.25) is 19.2 Å². The summed E-state index contributed by atoms with van der Waals surface area (Å²) in [6.07, 6.45) is 8.60. The van der Waals surface area contributed by atoms with Crippen molar-refractivity contribution >= 4 is 61.4 Å². The van der Waals surface area contributed by atoms with E-state index in [0.717, 1.165) is 10.2 Å². The number of benzene rings is 2. The first kappa shape index (κ1) is 43.3. The molecule has 0 spiro atoms. The SMILES string of the molecule is C#C[C@]1(O)CCN(C)C1=O.COc1cc2c(cn1)c(C(N)=O)nn2-c1cccc(Br)c1.COc1cc2c(cn1)c(C(N)=O)nn2-c1cccc(C#C[C@]2(O)CCN(C)C2=O)c1. The van der Waals surface area contributed by atoms with Crippen LogP contribution in [-0.4, -0.2) is 126 Å². The van der Waals surface area contributed by atoms with E-state index in [0.29, 0.717) is 64.3 Å². The number of carbonyl (C=O) groups excluding carboxylic acids is 4. The van der Waals surface area contributed by atoms with E-state index in [4.69, 9.17) is 27.4 Å². The summed E-state index contributed by atoms with van der Waals surface area (Å²) >= 11 is 3.42. The third kappa shape index (κ3) is 8.85. The highest BCUT2D eigenvalue weighted by Gasteiger charge is 2.43. The number of likely N-dealkylation sites (N-methyl/N-ethyl adjacent to an activating group) is 2. The maximum absolute atomic E-state index is 12.1. The Morgan fingerprint density at radius 1 is 0.770 bits per heavy atom. The summed E-state index contributed by atoms with van der Waals surface area (Å²) in [6, 6.07) is 18.0. The molecule has 0 unspecified atom stereocenters. The molecule has 18 nitrogen and oxygen atoms in total. The molecule has 0 bridgehead atoms. The largest absolute Gasteiger partial charge is 0.481 e. The van der Waals surface area contributed by atoms with Crippen molar-refractivity contribution < 1.29 is 38.9 Å². The number of aromatic nitrogens is 6. The van der Waals surface area contributed by atoms with E-state index >= 15 is 0 Å². The van der Waals surface area contributed by atoms with Crippen molar-refractivity contribution in [3.8, 4) is 47.3 Å². The van der Waals surface area contributed by atoms with Crippen molar-refractivity contribution in [3.05, 3.63) is 94.5 Å². The Kier molecular flexibility index (Phi) is 12.4. The molecule has 2 saturated heterocycles. The van der Waals surface area contributed by atoms with Gasteiger partial charge in [0.05, 0.1) is 47.4 Å². The Labute approximate surface area is 357 Å². The molecule has 312 valence electrons. The Morgan fingerprint density at radius 3 is 1.66 bits per heavy atom. The van der Waals surface area contributed by atoms with Gasteiger partial charge in [-0.05, 0) is 36.4 Å². The summed E-state index contributed by atoms with van der Waals surface area (Å²) in [7, 11) is 6.28. The summed E-state index contributed by atoms with van der Waals surface area (Å²) < 4.78 is 14.4. The number of pyridine rings is 2. The molecule has 2 aliphatic heterocycles. The fraction of sp³-hybridized carbons (Fsp3) is 0.238. The Hall–Kier alpha value is -7.32. The Bertz CT molecular complexity index is 2820. The zero-order valence-electron chi connectivity index (χ0n) is 33.3. The van der Waals surface area contributed by atoms with Crippen LogP contribution in [0.5, 0.6) is 11.8 Å². The molecule has 6 N–H and O–H groups in total. The number of primary amides is 2. The molecule has 6 heterocycles. The highest BCUT2D eigenvalue weighted by Crippen LogP contribution is 2.27. The highest BCUT2D eigenvalue weighted by atomic mass is 79.9. The first-order chi connectivity index (χ1) is 29.0. The van der Waals surface area contributed by atoms with E-state index in [1.165, 1.54) is 36.4 Å². The van der Waals surface area contributed by atoms with Crippen molar-refractivity contribution in [1.29, 1.82) is 0 Å². The van der Waals surface area contributed by atoms with E-state index in [1.807, 2.05) is 24.3 Å². The van der Waals surface area contributed by atoms with Crippen LogP contribution in [0.4, 0.5) is 0 Å². The highest BCUT2D eigenvalue weighted by molar-refractivity contribution is 9.10. The standard InChI is InChI=1S/C21H19N5O4.C14H11BrN4O2.C7H9NO2/c1-25-9-8-21(29,20(25)28)7-6-13-4-3-5-14(10-13)26-16-11-17(30-2)23-12-15(16)18(24-26)19(22)27;1-21-12-6-11-10(7-17-12)13(14(16)20)18-19(11)9-4-2-3-8(15)5-9;1-3-7(10)4-5-8(2)6(7)9/h3-5,10-12,29H,8-9H2,1-2H3,(H2,22,27);2-7H,1H3,(H2,16,20);1,10H,4-5H2,2H3/t21-;;7-/m0.0/s1. The molecule has 8 rings (SSSR count). The second kappa shape index (κ2) is 17.5. The van der Waals surface area contributed by atoms with Crippen LogP contribution < -0.4 is 20.9 Å². The zero-order chi connectivity index (χ0) is 44.2. The topological polar surface area (TPSA) is 247 Å². The minimum atomic E-state index is -1.68. The third-order valence-electron chi connectivity index (χ3n) is 9.78. The van der Waals surface area contributed by atoms with Crippen LogP contribution >= 0.6 is 15.9 Å². The zero-order valence-corrected chi connectivity index (χ0v) is 34.9. The van der Waals surface area contributed by atoms with Crippen LogP contribution in [0, 0.1) is 24.2 Å². The second-order valence-electron chi connectivity index (χ2n) is 13.8. The lowest BCUT2D eigenvalue weighted by Gasteiger charge is -2.13. The van der Waals surface area contributed by atoms with Crippen LogP contribution in [0.15, 0.2) is 77.5 Å². The molecule has 0 radical (unpaired) electrons. The van der Waals surface area contributed by atoms with E-state index in [1.54, 1.807) is 59.9 Å². The van der Waals surface area contributed by atoms with Crippen molar-refractivity contribution in [3.63, 3.8) is 0 Å². The van der Waals surface area contributed by atoms with Crippen molar-refractivity contribution in [2.75, 3.05) is 41.4 Å². The summed E-state index contributed by atoms with van der Waals surface area (Å²) in [5.41, 5.74) is 11.2. The smallest absolute Gasteiger partial charge is 0.269 e. The predicted molar refractivity (Wildman–Crippen MR) is 226 cm³/mol. The Balaban J connectivity index is 0.000000173. The van der Waals surface area contributed by atoms with Gasteiger partial charge in [0, 0.05) is 74.6 Å². The van der Waals surface area contributed by atoms with Crippen molar-refractivity contribution in [2.45, 2.75) is 24.0 Å². The van der Waals surface area contributed by atoms with Gasteiger partial charge in [-0.25, -0.2) is 19.3 Å². The average Bonchev–Trinajstić information content (AvgIpc) is 3.99. The lowest BCUT2D eigenvalue weighted by molar-refractivity contribution is -0.138. The molecule has 0 saturated carbocycles. The first-order valence-electron chi connectivity index (χ1n) is 18.3. The predicted octanol–water partition coefficient (Wildman–Crippen LogP) is 1.98. The van der Waals surface area contributed by atoms with Gasteiger partial charge in [0.25, 0.3) is 23.6 Å². The normalized spacial score (nSPS) is 18.1. The lowest BCUT2D eigenvalue weighted by Crippen LogP contribution is -2.37. The number of likely N-dealkylation sites (tertiary alicyclic amines) is 2. The number of hydrogen-bond acceptors (Lipinski definition) is 12. The van der Waals surface area contributed by atoms with E-state index in [2.05, 4.69) is 53.9 Å². The number of nitrogens with two attached hydrogens (primary N) is 2. The molecule has 2 fully saturated rings. The number of carbonyl (C=O) groups is 4. The van der Waals surface area contributed by atoms with Crippen LogP contribution in [0.2, 0.25) is 0 Å². The molecule has 61 heavy (non-hydrogen) atoms. The number of nitrogens with zero attached hydrogens (tertiary/aromatic N) is 8. The molecular weight excluding hydrogens is 852 g/mol. The minimum absolute atomic E-state index is 0.0885. The number of fused-ring (bicyclic) bond motifs is 2. The monoisotopic (exact) mass is 890 g/mol. The molecular formula is C42H39BrN10O8. The molecule has 2 atom stereocenters. The average molecular weight is 892 g/mol. The third-order valence-corrected chi connectivity index (χ3v) is 10.3. The number of rotatable bonds is 6. The molecule has 6 aromatic rings. The fourth-order valence-electron chi connectivity index (χ4n) is 6.42. The van der Waals surface area contributed by atoms with Gasteiger partial charge in [0.2, 0.25) is 23.0 Å². The number of hydrogen-bond donors (Lipinski definition) is 4. The van der Waals surface area contributed by atoms with E-state index in [-0.39, 0.29) is 23.7 Å². The van der Waals surface area contributed by atoms with Crippen LogP contribution in [-0.2, 0) is 9.59 Å². The summed E-state index contributed by atoms with van der Waals surface area (Å²) in [5.74, 6) is 6.41. The lowest BCUT2D eigenvalue weighted by atomic mass is 10.0. The van der Waals surface area contributed by atoms with E-state index in [9.17, 15) is 29.4 Å². The summed E-state index contributed by atoms with van der Waals surface area (Å²) in [6.45, 7) is 0.995. The molecule has 19 heteroatoms. The molecule has 2 aromatic carbocycles. The molecule has 0 aliphatic carbocycles. The Morgan fingerprint density at radius 2 is 1.25 bits per heavy atom. The number of terminal acetylenes is 1. The van der Waals surface area contributed by atoms with Crippen molar-refractivity contribution in [1.82, 2.24) is 39.3 Å². The van der Waals surface area contributed by atoms with Crippen LogP contribution in [0.1, 0.15) is 39.4 Å². The number of halogens is 1. The fourth-order valence-corrected chi connectivity index (χ4v) is 6.81. The maximum atomic E-state index is 12.1. The van der Waals surface area contributed by atoms with Gasteiger partial charge < -0.3 is 41.0 Å². The van der Waals surface area contributed by atoms with Gasteiger partial charge in [0.1, 0.15) is 0 Å². The minimum Gasteiger partial charge on any atom is -0.481 e. The molecule has 2 aliphatic rings. The number of amides is 4. The van der Waals surface area contributed by atoms with Gasteiger partial charge >= 0.3 is 0 Å². The van der Waals surface area contributed by atoms with Gasteiger partial charge in [-0.1, -0.05) is 45.8 Å². The number of ether oxygens (including phenoxy) is 2. The summed E-state index contributed by atoms with van der Waals surface area (Å²) in [5, 5.41) is 29.5. The number of methoxy groups -OCH3 is 2. The quantitative estimate of drug-likeness (QED) is 0.176. The van der Waals surface area contributed by atoms with Crippen LogP contribution in [0.25, 0.3) is 33.2 Å². The first-order valence-corrected chi connectivity index (χ1v) is 19.1. The van der Waals surface area contributed by atoms with Gasteiger partial charge in [0.15, 0.2) is 11.4 Å². The molecule has 4 aromatic heterocycles. The van der Waals surface area contributed by atoms with Crippen molar-refractivity contribution in [2.24, 2.45) is 11.5 Å². The van der Waals surface area contributed by atoms with Gasteiger partial charge in [-0.15, -0.1) is 6.42 Å². The summed E-state index contributed by atoms with van der Waals surface area (Å²) in [4.78, 5) is 57.6. The molecule has 4 amide bonds. The maximum Gasteiger partial charge on any atom is 0.269 e. The van der Waals surface area contributed by atoms with Crippen LogP contribution in [0.3, 0.4) is 0 Å².